The van der Waals surface area contributed by atoms with Gasteiger partial charge in [0.25, 0.3) is 0 Å². The molecule has 1 N–H and O–H groups in total. The molecule has 0 saturated carbocycles. The molecule has 2 heteroatoms. The van der Waals surface area contributed by atoms with Gasteiger partial charge in [-0.3, -0.25) is 0 Å². The maximum atomic E-state index is 3.42. The second-order valence-corrected chi connectivity index (χ2v) is 5.62. The molecule has 0 atom stereocenters. The first kappa shape index (κ1) is 10.2. The van der Waals surface area contributed by atoms with Gasteiger partial charge in [-0.1, -0.05) is 0 Å². The summed E-state index contributed by atoms with van der Waals surface area (Å²) >= 11 is 1.96. The van der Waals surface area contributed by atoms with E-state index in [2.05, 4.69) is 24.4 Å². The molecule has 0 aliphatic carbocycles. The van der Waals surface area contributed by atoms with E-state index in [0.717, 1.165) is 5.92 Å². The minimum atomic E-state index is 0.971. The standard InChI is InChI=1S/C12H19NS/c1-10-2-4-12(14-10)5-3-11-6-8-13-9-7-11/h2,4,11,13H,3,5-9H2,1H3. The Morgan fingerprint density at radius 1 is 1.36 bits per heavy atom. The van der Waals surface area contributed by atoms with Crippen LogP contribution >= 0.6 is 11.3 Å². The van der Waals surface area contributed by atoms with Gasteiger partial charge in [0.05, 0.1) is 0 Å². The van der Waals surface area contributed by atoms with Crippen molar-refractivity contribution in [1.29, 1.82) is 0 Å². The van der Waals surface area contributed by atoms with Gasteiger partial charge >= 0.3 is 0 Å². The summed E-state index contributed by atoms with van der Waals surface area (Å²) in [6, 6.07) is 4.53. The fourth-order valence-electron chi connectivity index (χ4n) is 2.14. The first-order valence-electron chi connectivity index (χ1n) is 5.60. The summed E-state index contributed by atoms with van der Waals surface area (Å²) in [5.74, 6) is 0.971. The summed E-state index contributed by atoms with van der Waals surface area (Å²) < 4.78 is 0. The molecule has 2 rings (SSSR count). The van der Waals surface area contributed by atoms with Crippen LogP contribution in [0.3, 0.4) is 0 Å². The molecule has 1 aliphatic heterocycles. The maximum absolute atomic E-state index is 3.42. The highest BCUT2D eigenvalue weighted by atomic mass is 32.1. The highest BCUT2D eigenvalue weighted by molar-refractivity contribution is 7.11. The van der Waals surface area contributed by atoms with Crippen LogP contribution in [0.1, 0.15) is 29.0 Å². The SMILES string of the molecule is Cc1ccc(CCC2CCNCC2)s1. The van der Waals surface area contributed by atoms with Crippen LogP contribution in [0, 0.1) is 12.8 Å². The maximum Gasteiger partial charge on any atom is 0.00481 e. The zero-order valence-corrected chi connectivity index (χ0v) is 9.70. The van der Waals surface area contributed by atoms with Crippen LogP contribution in [-0.2, 0) is 6.42 Å². The van der Waals surface area contributed by atoms with Crippen LogP contribution < -0.4 is 5.32 Å². The van der Waals surface area contributed by atoms with Crippen LogP contribution in [0.25, 0.3) is 0 Å². The zero-order chi connectivity index (χ0) is 9.80. The van der Waals surface area contributed by atoms with Crippen molar-refractivity contribution in [1.82, 2.24) is 5.32 Å². The lowest BCUT2D eigenvalue weighted by Gasteiger charge is -2.22. The van der Waals surface area contributed by atoms with E-state index in [-0.39, 0.29) is 0 Å². The summed E-state index contributed by atoms with van der Waals surface area (Å²) in [6.45, 7) is 4.65. The first-order chi connectivity index (χ1) is 6.84. The van der Waals surface area contributed by atoms with Crippen molar-refractivity contribution in [2.75, 3.05) is 13.1 Å². The van der Waals surface area contributed by atoms with E-state index < -0.39 is 0 Å². The Balaban J connectivity index is 1.76. The van der Waals surface area contributed by atoms with Crippen molar-refractivity contribution in [3.63, 3.8) is 0 Å². The fraction of sp³-hybridized carbons (Fsp3) is 0.667. The van der Waals surface area contributed by atoms with Crippen LogP contribution in [-0.4, -0.2) is 13.1 Å². The number of nitrogens with one attached hydrogen (secondary N) is 1. The van der Waals surface area contributed by atoms with Gasteiger partial charge in [-0.05, 0) is 63.7 Å². The molecule has 1 fully saturated rings. The van der Waals surface area contributed by atoms with Gasteiger partial charge in [-0.25, -0.2) is 0 Å². The topological polar surface area (TPSA) is 12.0 Å². The van der Waals surface area contributed by atoms with E-state index >= 15 is 0 Å². The number of aryl methyl sites for hydroxylation is 2. The molecule has 0 aromatic carbocycles. The van der Waals surface area contributed by atoms with Crippen molar-refractivity contribution in [2.45, 2.75) is 32.6 Å². The molecule has 78 valence electrons. The Kier molecular flexibility index (Phi) is 3.60. The number of hydrogen-bond acceptors (Lipinski definition) is 2. The molecule has 1 nitrogen and oxygen atoms in total. The molecule has 0 radical (unpaired) electrons. The minimum Gasteiger partial charge on any atom is -0.317 e. The lowest BCUT2D eigenvalue weighted by Crippen LogP contribution is -2.27. The predicted octanol–water partition coefficient (Wildman–Crippen LogP) is 2.99. The van der Waals surface area contributed by atoms with Crippen LogP contribution in [0.4, 0.5) is 0 Å². The van der Waals surface area contributed by atoms with Crippen molar-refractivity contribution >= 4 is 11.3 Å². The number of piperidine rings is 1. The van der Waals surface area contributed by atoms with Crippen molar-refractivity contribution in [2.24, 2.45) is 5.92 Å². The average molecular weight is 209 g/mol. The van der Waals surface area contributed by atoms with Gasteiger partial charge in [0.1, 0.15) is 0 Å². The number of hydrogen-bond donors (Lipinski definition) is 1. The highest BCUT2D eigenvalue weighted by Gasteiger charge is 2.12. The third kappa shape index (κ3) is 2.82. The molecule has 14 heavy (non-hydrogen) atoms. The van der Waals surface area contributed by atoms with E-state index in [1.807, 2.05) is 11.3 Å². The largest absolute Gasteiger partial charge is 0.317 e. The molecule has 1 saturated heterocycles. The van der Waals surface area contributed by atoms with Crippen LogP contribution in [0.2, 0.25) is 0 Å². The molecule has 1 aromatic heterocycles. The van der Waals surface area contributed by atoms with E-state index in [1.54, 1.807) is 4.88 Å². The monoisotopic (exact) mass is 209 g/mol. The highest BCUT2D eigenvalue weighted by Crippen LogP contribution is 2.22. The second-order valence-electron chi connectivity index (χ2n) is 4.24. The van der Waals surface area contributed by atoms with Gasteiger partial charge in [0, 0.05) is 9.75 Å². The predicted molar refractivity (Wildman–Crippen MR) is 63.0 cm³/mol. The van der Waals surface area contributed by atoms with Gasteiger partial charge < -0.3 is 5.32 Å². The van der Waals surface area contributed by atoms with E-state index in [4.69, 9.17) is 0 Å². The van der Waals surface area contributed by atoms with Crippen LogP contribution in [0.15, 0.2) is 12.1 Å². The zero-order valence-electron chi connectivity index (χ0n) is 8.88. The molecule has 2 heterocycles. The fourth-order valence-corrected chi connectivity index (χ4v) is 3.04. The Morgan fingerprint density at radius 3 is 2.79 bits per heavy atom. The average Bonchev–Trinajstić information content (AvgIpc) is 2.63. The summed E-state index contributed by atoms with van der Waals surface area (Å²) in [5.41, 5.74) is 0. The minimum absolute atomic E-state index is 0.971. The molecule has 1 aromatic rings. The van der Waals surface area contributed by atoms with E-state index in [1.165, 1.54) is 43.6 Å². The second kappa shape index (κ2) is 4.94. The molecule has 0 amide bonds. The molecule has 0 spiro atoms. The third-order valence-corrected chi connectivity index (χ3v) is 4.11. The Hall–Kier alpha value is -0.340. The van der Waals surface area contributed by atoms with Gasteiger partial charge in [0.15, 0.2) is 0 Å². The smallest absolute Gasteiger partial charge is 0.00481 e. The summed E-state index contributed by atoms with van der Waals surface area (Å²) in [6.07, 6.45) is 5.44. The first-order valence-corrected chi connectivity index (χ1v) is 6.42. The molecular formula is C12H19NS. The van der Waals surface area contributed by atoms with Crippen LogP contribution in [0.5, 0.6) is 0 Å². The summed E-state index contributed by atoms with van der Waals surface area (Å²) in [5, 5.41) is 3.42. The van der Waals surface area contributed by atoms with Gasteiger partial charge in [-0.15, -0.1) is 11.3 Å². The number of rotatable bonds is 3. The molecule has 1 aliphatic rings. The Morgan fingerprint density at radius 2 is 2.14 bits per heavy atom. The van der Waals surface area contributed by atoms with E-state index in [0.29, 0.717) is 0 Å². The van der Waals surface area contributed by atoms with Crippen molar-refractivity contribution in [3.8, 4) is 0 Å². The normalized spacial score (nSPS) is 18.6. The van der Waals surface area contributed by atoms with Gasteiger partial charge in [0.2, 0.25) is 0 Å². The number of thiophene rings is 1. The Bertz CT molecular complexity index is 274. The summed E-state index contributed by atoms with van der Waals surface area (Å²) in [7, 11) is 0. The van der Waals surface area contributed by atoms with Gasteiger partial charge in [-0.2, -0.15) is 0 Å². The third-order valence-electron chi connectivity index (χ3n) is 3.05. The summed E-state index contributed by atoms with van der Waals surface area (Å²) in [4.78, 5) is 3.02. The van der Waals surface area contributed by atoms with Crippen molar-refractivity contribution < 1.29 is 0 Å². The lowest BCUT2D eigenvalue weighted by molar-refractivity contribution is 0.355. The Labute approximate surface area is 90.5 Å². The molecular weight excluding hydrogens is 190 g/mol. The quantitative estimate of drug-likeness (QED) is 0.807. The van der Waals surface area contributed by atoms with Crippen molar-refractivity contribution in [3.05, 3.63) is 21.9 Å². The van der Waals surface area contributed by atoms with E-state index in [9.17, 15) is 0 Å². The molecule has 0 bridgehead atoms. The molecule has 0 unspecified atom stereocenters. The lowest BCUT2D eigenvalue weighted by atomic mass is 9.93.